The van der Waals surface area contributed by atoms with E-state index in [2.05, 4.69) is 10.6 Å². The Balaban J connectivity index is 3.93. The van der Waals surface area contributed by atoms with Gasteiger partial charge in [-0.25, -0.2) is 4.79 Å². The molecule has 0 aromatic heterocycles. The zero-order valence-corrected chi connectivity index (χ0v) is 12.4. The smallest absolute Gasteiger partial charge is 0.317 e. The van der Waals surface area contributed by atoms with Gasteiger partial charge in [0.1, 0.15) is 6.54 Å². The van der Waals surface area contributed by atoms with Crippen molar-refractivity contribution in [1.29, 1.82) is 0 Å². The molecule has 0 aliphatic rings. The molecule has 7 heteroatoms. The highest BCUT2D eigenvalue weighted by Gasteiger charge is 2.13. The van der Waals surface area contributed by atoms with Crippen molar-refractivity contribution >= 4 is 17.9 Å². The van der Waals surface area contributed by atoms with Crippen LogP contribution in [0.2, 0.25) is 0 Å². The molecule has 0 aromatic carbocycles. The van der Waals surface area contributed by atoms with Crippen molar-refractivity contribution in [2.24, 2.45) is 5.92 Å². The van der Waals surface area contributed by atoms with Crippen LogP contribution in [-0.2, 0) is 9.59 Å². The molecule has 0 aliphatic carbocycles. The highest BCUT2D eigenvalue weighted by Crippen LogP contribution is 2.14. The molecule has 0 radical (unpaired) electrons. The average Bonchev–Trinajstić information content (AvgIpc) is 2.41. The number of rotatable bonds is 9. The molecule has 0 saturated heterocycles. The number of nitrogens with one attached hydrogen (secondary N) is 2. The third-order valence-corrected chi connectivity index (χ3v) is 3.18. The lowest BCUT2D eigenvalue weighted by Gasteiger charge is -2.18. The van der Waals surface area contributed by atoms with Crippen LogP contribution in [0.1, 0.15) is 32.6 Å². The number of hydrogen-bond donors (Lipinski definition) is 3. The predicted octanol–water partition coefficient (Wildman–Crippen LogP) is 0.655. The summed E-state index contributed by atoms with van der Waals surface area (Å²) < 4.78 is 0. The number of likely N-dealkylation sites (N-methyl/N-ethyl adjacent to an activating group) is 2. The van der Waals surface area contributed by atoms with Gasteiger partial charge in [0.05, 0.1) is 0 Å². The molecule has 0 rings (SSSR count). The molecule has 20 heavy (non-hydrogen) atoms. The first-order valence-electron chi connectivity index (χ1n) is 6.82. The molecule has 0 aliphatic heterocycles. The molecule has 1 atom stereocenters. The van der Waals surface area contributed by atoms with E-state index in [1.165, 1.54) is 11.9 Å². The van der Waals surface area contributed by atoms with E-state index in [-0.39, 0.29) is 30.8 Å². The molecule has 116 valence electrons. The molecule has 0 aromatic rings. The van der Waals surface area contributed by atoms with Gasteiger partial charge >= 0.3 is 12.0 Å². The van der Waals surface area contributed by atoms with Crippen molar-refractivity contribution in [2.75, 3.05) is 27.2 Å². The first-order chi connectivity index (χ1) is 9.40. The maximum Gasteiger partial charge on any atom is 0.317 e. The molecular weight excluding hydrogens is 262 g/mol. The maximum atomic E-state index is 11.7. The van der Waals surface area contributed by atoms with E-state index in [1.54, 1.807) is 7.05 Å². The van der Waals surface area contributed by atoms with Crippen LogP contribution in [0, 0.1) is 5.92 Å². The van der Waals surface area contributed by atoms with Gasteiger partial charge in [-0.15, -0.1) is 0 Å². The van der Waals surface area contributed by atoms with Gasteiger partial charge in [-0.2, -0.15) is 0 Å². The summed E-state index contributed by atoms with van der Waals surface area (Å²) in [7, 11) is 3.06. The van der Waals surface area contributed by atoms with E-state index < -0.39 is 5.97 Å². The Kier molecular flexibility index (Phi) is 9.15. The normalized spacial score (nSPS) is 11.6. The van der Waals surface area contributed by atoms with Gasteiger partial charge in [-0.3, -0.25) is 9.59 Å². The largest absolute Gasteiger partial charge is 0.481 e. The molecule has 3 N–H and O–H groups in total. The lowest BCUT2D eigenvalue weighted by Crippen LogP contribution is -2.43. The Morgan fingerprint density at radius 2 is 1.90 bits per heavy atom. The van der Waals surface area contributed by atoms with E-state index in [9.17, 15) is 14.4 Å². The molecule has 7 nitrogen and oxygen atoms in total. The fraction of sp³-hybridized carbons (Fsp3) is 0.769. The van der Waals surface area contributed by atoms with Crippen molar-refractivity contribution in [3.63, 3.8) is 0 Å². The minimum absolute atomic E-state index is 0.0125. The number of urea groups is 1. The Hall–Kier alpha value is -1.79. The molecule has 0 fully saturated rings. The summed E-state index contributed by atoms with van der Waals surface area (Å²) in [5.74, 6) is -0.732. The standard InChI is InChI=1S/C13H25N3O4/c1-4-10(5-6-12(18)19)7-8-15-13(20)16(3)9-11(17)14-2/h10H,4-9H2,1-3H3,(H,14,17)(H,15,20)(H,18,19). The Morgan fingerprint density at radius 3 is 2.40 bits per heavy atom. The number of amides is 3. The van der Waals surface area contributed by atoms with E-state index >= 15 is 0 Å². The van der Waals surface area contributed by atoms with Crippen LogP contribution in [0.4, 0.5) is 4.79 Å². The Morgan fingerprint density at radius 1 is 1.25 bits per heavy atom. The second-order valence-electron chi connectivity index (χ2n) is 4.76. The summed E-state index contributed by atoms with van der Waals surface area (Å²) in [6, 6.07) is -0.304. The van der Waals surface area contributed by atoms with E-state index in [4.69, 9.17) is 5.11 Å². The van der Waals surface area contributed by atoms with Crippen molar-refractivity contribution in [3.8, 4) is 0 Å². The quantitative estimate of drug-likeness (QED) is 0.580. The van der Waals surface area contributed by atoms with Gasteiger partial charge in [-0.05, 0) is 18.8 Å². The fourth-order valence-electron chi connectivity index (χ4n) is 1.76. The number of carbonyl (C=O) groups is 3. The summed E-state index contributed by atoms with van der Waals surface area (Å²) in [4.78, 5) is 34.6. The molecule has 3 amide bonds. The lowest BCUT2D eigenvalue weighted by atomic mass is 9.97. The summed E-state index contributed by atoms with van der Waals surface area (Å²) in [6.07, 6.45) is 2.40. The van der Waals surface area contributed by atoms with Gasteiger partial charge in [0, 0.05) is 27.1 Å². The van der Waals surface area contributed by atoms with Crippen molar-refractivity contribution in [3.05, 3.63) is 0 Å². The maximum absolute atomic E-state index is 11.7. The number of nitrogens with zero attached hydrogens (tertiary/aromatic N) is 1. The number of carboxylic acids is 1. The van der Waals surface area contributed by atoms with E-state index in [0.29, 0.717) is 13.0 Å². The third-order valence-electron chi connectivity index (χ3n) is 3.18. The highest BCUT2D eigenvalue weighted by molar-refractivity contribution is 5.83. The van der Waals surface area contributed by atoms with Crippen molar-refractivity contribution < 1.29 is 19.5 Å². The van der Waals surface area contributed by atoms with Crippen LogP contribution in [-0.4, -0.2) is 55.1 Å². The topological polar surface area (TPSA) is 98.7 Å². The number of carbonyl (C=O) groups excluding carboxylic acids is 2. The van der Waals surface area contributed by atoms with Crippen LogP contribution >= 0.6 is 0 Å². The van der Waals surface area contributed by atoms with Gasteiger partial charge in [0.15, 0.2) is 0 Å². The average molecular weight is 287 g/mol. The van der Waals surface area contributed by atoms with E-state index in [1.807, 2.05) is 6.92 Å². The van der Waals surface area contributed by atoms with Gasteiger partial charge in [0.25, 0.3) is 0 Å². The van der Waals surface area contributed by atoms with Crippen LogP contribution in [0.15, 0.2) is 0 Å². The summed E-state index contributed by atoms with van der Waals surface area (Å²) in [6.45, 7) is 2.50. The van der Waals surface area contributed by atoms with Crippen LogP contribution < -0.4 is 10.6 Å². The molecular formula is C13H25N3O4. The van der Waals surface area contributed by atoms with Crippen molar-refractivity contribution in [2.45, 2.75) is 32.6 Å². The van der Waals surface area contributed by atoms with Gasteiger partial charge in [0.2, 0.25) is 5.91 Å². The summed E-state index contributed by atoms with van der Waals surface area (Å²) in [5, 5.41) is 13.8. The molecule has 0 spiro atoms. The zero-order chi connectivity index (χ0) is 15.5. The van der Waals surface area contributed by atoms with Crippen LogP contribution in [0.25, 0.3) is 0 Å². The summed E-state index contributed by atoms with van der Waals surface area (Å²) >= 11 is 0. The second-order valence-corrected chi connectivity index (χ2v) is 4.76. The van der Waals surface area contributed by atoms with Crippen LogP contribution in [0.5, 0.6) is 0 Å². The summed E-state index contributed by atoms with van der Waals surface area (Å²) in [5.41, 5.74) is 0. The highest BCUT2D eigenvalue weighted by atomic mass is 16.4. The number of aliphatic carboxylic acids is 1. The third kappa shape index (κ3) is 8.34. The second kappa shape index (κ2) is 10.1. The SMILES string of the molecule is CCC(CCNC(=O)N(C)CC(=O)NC)CCC(=O)O. The predicted molar refractivity (Wildman–Crippen MR) is 75.4 cm³/mol. The van der Waals surface area contributed by atoms with Crippen molar-refractivity contribution in [1.82, 2.24) is 15.5 Å². The fourth-order valence-corrected chi connectivity index (χ4v) is 1.76. The first-order valence-corrected chi connectivity index (χ1v) is 6.82. The number of carboxylic acid groups (broad SMARTS) is 1. The first kappa shape index (κ1) is 18.2. The lowest BCUT2D eigenvalue weighted by molar-refractivity contribution is -0.137. The van der Waals surface area contributed by atoms with Gasteiger partial charge in [-0.1, -0.05) is 13.3 Å². The molecule has 0 bridgehead atoms. The van der Waals surface area contributed by atoms with E-state index in [0.717, 1.165) is 12.8 Å². The minimum atomic E-state index is -0.794. The Bertz CT molecular complexity index is 334. The zero-order valence-electron chi connectivity index (χ0n) is 12.4. The van der Waals surface area contributed by atoms with Crippen LogP contribution in [0.3, 0.4) is 0 Å². The molecule has 1 unspecified atom stereocenters. The monoisotopic (exact) mass is 287 g/mol. The molecule has 0 saturated carbocycles. The number of hydrogen-bond acceptors (Lipinski definition) is 3. The minimum Gasteiger partial charge on any atom is -0.481 e. The van der Waals surface area contributed by atoms with Gasteiger partial charge < -0.3 is 20.6 Å². The Labute approximate surface area is 119 Å². The molecule has 0 heterocycles.